The second-order valence-corrected chi connectivity index (χ2v) is 13.4. The maximum absolute atomic E-state index is 6.07. The number of pyridine rings is 2. The highest BCUT2D eigenvalue weighted by atomic mass is 79.9. The molecule has 0 aromatic carbocycles. The van der Waals surface area contributed by atoms with Gasteiger partial charge in [0.15, 0.2) is 37.0 Å². The molecule has 0 saturated heterocycles. The third kappa shape index (κ3) is 27.4. The van der Waals surface area contributed by atoms with Crippen molar-refractivity contribution in [3.8, 4) is 11.5 Å². The Morgan fingerprint density at radius 1 is 0.404 bits per heavy atom. The molecular formula is C41H72Br2N2O2. The first-order valence-electron chi connectivity index (χ1n) is 19.6. The Morgan fingerprint density at radius 3 is 1.02 bits per heavy atom. The summed E-state index contributed by atoms with van der Waals surface area (Å²) >= 11 is 0. The van der Waals surface area contributed by atoms with Crippen LogP contribution in [0.2, 0.25) is 0 Å². The number of nitrogens with zero attached hydrogens (tertiary/aromatic N) is 2. The molecule has 47 heavy (non-hydrogen) atoms. The van der Waals surface area contributed by atoms with E-state index in [0.717, 1.165) is 57.1 Å². The molecule has 0 atom stereocenters. The number of hydrogen-bond donors (Lipinski definition) is 0. The summed E-state index contributed by atoms with van der Waals surface area (Å²) in [6, 6.07) is 8.38. The van der Waals surface area contributed by atoms with E-state index in [0.29, 0.717) is 0 Å². The van der Waals surface area contributed by atoms with Crippen LogP contribution in [-0.2, 0) is 13.1 Å². The third-order valence-electron chi connectivity index (χ3n) is 9.03. The van der Waals surface area contributed by atoms with Crippen molar-refractivity contribution < 1.29 is 52.6 Å². The van der Waals surface area contributed by atoms with Crippen molar-refractivity contribution in [3.05, 3.63) is 49.1 Å². The molecule has 0 unspecified atom stereocenters. The number of unbranched alkanes of at least 4 members (excludes halogenated alkanes) is 22. The molecular weight excluding hydrogens is 712 g/mol. The predicted octanol–water partition coefficient (Wildman–Crippen LogP) is 5.52. The van der Waals surface area contributed by atoms with Gasteiger partial charge >= 0.3 is 0 Å². The van der Waals surface area contributed by atoms with Crippen LogP contribution in [0.3, 0.4) is 0 Å². The molecule has 2 heterocycles. The van der Waals surface area contributed by atoms with E-state index in [1.54, 1.807) is 0 Å². The molecule has 272 valence electrons. The lowest BCUT2D eigenvalue weighted by atomic mass is 10.1. The van der Waals surface area contributed by atoms with Crippen molar-refractivity contribution in [3.63, 3.8) is 0 Å². The number of rotatable bonds is 32. The number of hydrogen-bond acceptors (Lipinski definition) is 2. The molecule has 0 amide bonds. The van der Waals surface area contributed by atoms with Crippen molar-refractivity contribution in [2.45, 2.75) is 187 Å². The second-order valence-electron chi connectivity index (χ2n) is 13.4. The van der Waals surface area contributed by atoms with Gasteiger partial charge in [-0.25, -0.2) is 9.13 Å². The van der Waals surface area contributed by atoms with Gasteiger partial charge in [0.1, 0.15) is 0 Å². The monoisotopic (exact) mass is 782 g/mol. The second kappa shape index (κ2) is 34.7. The van der Waals surface area contributed by atoms with Crippen LogP contribution >= 0.6 is 0 Å². The van der Waals surface area contributed by atoms with Gasteiger partial charge in [0, 0.05) is 12.1 Å². The van der Waals surface area contributed by atoms with Gasteiger partial charge in [-0.1, -0.05) is 155 Å². The normalized spacial score (nSPS) is 10.8. The molecule has 0 aliphatic rings. The summed E-state index contributed by atoms with van der Waals surface area (Å²) in [6.07, 6.45) is 42.6. The van der Waals surface area contributed by atoms with Gasteiger partial charge in [0.05, 0.1) is 19.6 Å². The molecule has 2 aromatic rings. The maximum Gasteiger partial charge on any atom is 0.211 e. The largest absolute Gasteiger partial charge is 1.00 e. The number of aromatic nitrogens is 2. The van der Waals surface area contributed by atoms with E-state index in [1.807, 2.05) is 0 Å². The van der Waals surface area contributed by atoms with Crippen molar-refractivity contribution >= 4 is 0 Å². The highest BCUT2D eigenvalue weighted by Gasteiger charge is 2.08. The van der Waals surface area contributed by atoms with E-state index < -0.39 is 0 Å². The van der Waals surface area contributed by atoms with Crippen molar-refractivity contribution in [1.29, 1.82) is 0 Å². The zero-order valence-corrected chi connectivity index (χ0v) is 33.8. The molecule has 0 radical (unpaired) electrons. The van der Waals surface area contributed by atoms with E-state index in [4.69, 9.17) is 9.47 Å². The highest BCUT2D eigenvalue weighted by molar-refractivity contribution is 5.13. The summed E-state index contributed by atoms with van der Waals surface area (Å²) in [4.78, 5) is 0. The van der Waals surface area contributed by atoms with Gasteiger partial charge in [0.25, 0.3) is 0 Å². The lowest BCUT2D eigenvalue weighted by Gasteiger charge is -2.06. The maximum atomic E-state index is 6.07. The fraction of sp³-hybridized carbons (Fsp3) is 0.756. The first-order valence-corrected chi connectivity index (χ1v) is 19.6. The van der Waals surface area contributed by atoms with Crippen LogP contribution in [-0.4, -0.2) is 13.2 Å². The first kappa shape index (κ1) is 45.9. The third-order valence-corrected chi connectivity index (χ3v) is 9.03. The van der Waals surface area contributed by atoms with Gasteiger partial charge < -0.3 is 43.4 Å². The molecule has 0 saturated carbocycles. The van der Waals surface area contributed by atoms with Gasteiger partial charge in [-0.2, -0.15) is 0 Å². The zero-order valence-electron chi connectivity index (χ0n) is 30.6. The molecule has 6 heteroatoms. The minimum atomic E-state index is 0. The predicted molar refractivity (Wildman–Crippen MR) is 191 cm³/mol. The Kier molecular flexibility index (Phi) is 33.9. The first-order chi connectivity index (χ1) is 22.3. The average Bonchev–Trinajstić information content (AvgIpc) is 3.06. The SMILES string of the molecule is CCCCCCCCCCCCCCOc1ccc[n+](CCC[n+]2cccc(OCCCCCCCCCCCCCC)c2)c1.[Br-].[Br-]. The van der Waals surface area contributed by atoms with Crippen LogP contribution < -0.4 is 52.6 Å². The van der Waals surface area contributed by atoms with Gasteiger partial charge in [-0.3, -0.25) is 0 Å². The molecule has 2 aromatic heterocycles. The Labute approximate surface area is 312 Å². The van der Waals surface area contributed by atoms with Crippen LogP contribution in [0.4, 0.5) is 0 Å². The van der Waals surface area contributed by atoms with E-state index in [9.17, 15) is 0 Å². The fourth-order valence-corrected chi connectivity index (χ4v) is 6.15. The minimum Gasteiger partial charge on any atom is -1.00 e. The molecule has 0 fully saturated rings. The summed E-state index contributed by atoms with van der Waals surface area (Å²) < 4.78 is 16.7. The van der Waals surface area contributed by atoms with Crippen LogP contribution in [0.5, 0.6) is 11.5 Å². The minimum absolute atomic E-state index is 0. The summed E-state index contributed by atoms with van der Waals surface area (Å²) in [7, 11) is 0. The van der Waals surface area contributed by atoms with E-state index in [2.05, 4.69) is 72.0 Å². The topological polar surface area (TPSA) is 26.2 Å². The molecule has 0 spiro atoms. The highest BCUT2D eigenvalue weighted by Crippen LogP contribution is 2.14. The summed E-state index contributed by atoms with van der Waals surface area (Å²) in [5.41, 5.74) is 0. The Balaban J connectivity index is 0.0000106. The van der Waals surface area contributed by atoms with E-state index in [1.165, 1.54) is 141 Å². The van der Waals surface area contributed by atoms with E-state index in [-0.39, 0.29) is 34.0 Å². The Hall–Kier alpha value is -1.14. The van der Waals surface area contributed by atoms with Gasteiger partial charge in [-0.15, -0.1) is 0 Å². The Bertz CT molecular complexity index is 856. The van der Waals surface area contributed by atoms with Crippen LogP contribution in [0.1, 0.15) is 174 Å². The fourth-order valence-electron chi connectivity index (χ4n) is 6.15. The molecule has 0 aliphatic carbocycles. The summed E-state index contributed by atoms with van der Waals surface area (Å²) in [6.45, 7) is 8.19. The Morgan fingerprint density at radius 2 is 0.702 bits per heavy atom. The average molecular weight is 785 g/mol. The summed E-state index contributed by atoms with van der Waals surface area (Å²) in [5.74, 6) is 1.97. The quantitative estimate of drug-likeness (QED) is 0.0723. The molecule has 4 nitrogen and oxygen atoms in total. The van der Waals surface area contributed by atoms with Gasteiger partial charge in [-0.05, 0) is 25.0 Å². The number of ether oxygens (including phenoxy) is 2. The van der Waals surface area contributed by atoms with Crippen molar-refractivity contribution in [2.75, 3.05) is 13.2 Å². The van der Waals surface area contributed by atoms with E-state index >= 15 is 0 Å². The molecule has 0 bridgehead atoms. The lowest BCUT2D eigenvalue weighted by Crippen LogP contribution is -3.00. The van der Waals surface area contributed by atoms with Crippen LogP contribution in [0, 0.1) is 0 Å². The zero-order chi connectivity index (χ0) is 31.9. The standard InChI is InChI=1S/C41H72N2O2.2BrH/c1-3-5-7-9-11-13-15-17-19-21-23-25-36-44-40-30-27-32-42(38-40)34-29-35-43-33-28-31-41(39-43)45-37-26-24-22-20-18-16-14-12-10-8-6-4-2;;/h27-28,30-33,38-39H,3-26,29,34-37H2,1-2H3;2*1H/q+2;;/p-2. The number of aryl methyl sites for hydroxylation is 2. The molecule has 0 N–H and O–H groups in total. The van der Waals surface area contributed by atoms with Crippen LogP contribution in [0.15, 0.2) is 49.1 Å². The van der Waals surface area contributed by atoms with Crippen molar-refractivity contribution in [1.82, 2.24) is 0 Å². The lowest BCUT2D eigenvalue weighted by molar-refractivity contribution is -0.727. The smallest absolute Gasteiger partial charge is 0.211 e. The van der Waals surface area contributed by atoms with Crippen LogP contribution in [0.25, 0.3) is 0 Å². The molecule has 2 rings (SSSR count). The number of halogens is 2. The van der Waals surface area contributed by atoms with Gasteiger partial charge in [0.2, 0.25) is 12.4 Å². The molecule has 0 aliphatic heterocycles. The summed E-state index contributed by atoms with van der Waals surface area (Å²) in [5, 5.41) is 0. The van der Waals surface area contributed by atoms with Crippen molar-refractivity contribution in [2.24, 2.45) is 0 Å².